The van der Waals surface area contributed by atoms with Crippen molar-refractivity contribution in [1.29, 1.82) is 0 Å². The van der Waals surface area contributed by atoms with Crippen molar-refractivity contribution in [3.63, 3.8) is 0 Å². The SMILES string of the molecule is Cc1cc2nc(C(=O)NCCc3nc(C(C)C)cs3)cc(C)n2n1. The van der Waals surface area contributed by atoms with Crippen molar-refractivity contribution in [3.05, 3.63) is 45.3 Å². The Morgan fingerprint density at radius 3 is 2.79 bits per heavy atom. The summed E-state index contributed by atoms with van der Waals surface area (Å²) in [5, 5.41) is 10.4. The van der Waals surface area contributed by atoms with Crippen LogP contribution < -0.4 is 5.32 Å². The van der Waals surface area contributed by atoms with Gasteiger partial charge in [-0.2, -0.15) is 5.10 Å². The van der Waals surface area contributed by atoms with E-state index in [9.17, 15) is 4.79 Å². The van der Waals surface area contributed by atoms with E-state index in [0.29, 0.717) is 23.8 Å². The van der Waals surface area contributed by atoms with Crippen LogP contribution in [-0.2, 0) is 6.42 Å². The van der Waals surface area contributed by atoms with Gasteiger partial charge in [0.1, 0.15) is 5.69 Å². The van der Waals surface area contributed by atoms with Crippen LogP contribution in [0.15, 0.2) is 17.5 Å². The molecule has 0 bridgehead atoms. The molecule has 3 rings (SSSR count). The van der Waals surface area contributed by atoms with E-state index in [1.807, 2.05) is 19.9 Å². The predicted octanol–water partition coefficient (Wildman–Crippen LogP) is 2.90. The molecule has 24 heavy (non-hydrogen) atoms. The summed E-state index contributed by atoms with van der Waals surface area (Å²) in [5.74, 6) is 0.266. The Hall–Kier alpha value is -2.28. The third kappa shape index (κ3) is 3.46. The number of nitrogens with one attached hydrogen (secondary N) is 1. The fourth-order valence-corrected chi connectivity index (χ4v) is 3.39. The zero-order chi connectivity index (χ0) is 17.3. The molecule has 3 aromatic heterocycles. The van der Waals surface area contributed by atoms with Gasteiger partial charge in [0, 0.05) is 30.1 Å². The molecule has 0 aliphatic heterocycles. The summed E-state index contributed by atoms with van der Waals surface area (Å²) in [7, 11) is 0. The first-order valence-electron chi connectivity index (χ1n) is 8.00. The van der Waals surface area contributed by atoms with E-state index in [1.54, 1.807) is 21.9 Å². The van der Waals surface area contributed by atoms with Gasteiger partial charge >= 0.3 is 0 Å². The number of hydrogen-bond acceptors (Lipinski definition) is 5. The Morgan fingerprint density at radius 1 is 1.29 bits per heavy atom. The molecule has 6 nitrogen and oxygen atoms in total. The van der Waals surface area contributed by atoms with Gasteiger partial charge in [-0.15, -0.1) is 11.3 Å². The lowest BCUT2D eigenvalue weighted by Crippen LogP contribution is -2.27. The normalized spacial score (nSPS) is 11.4. The van der Waals surface area contributed by atoms with Crippen molar-refractivity contribution in [2.75, 3.05) is 6.54 Å². The number of thiazole rings is 1. The van der Waals surface area contributed by atoms with E-state index in [0.717, 1.165) is 28.5 Å². The minimum atomic E-state index is -0.167. The smallest absolute Gasteiger partial charge is 0.270 e. The number of fused-ring (bicyclic) bond motifs is 1. The van der Waals surface area contributed by atoms with Crippen molar-refractivity contribution < 1.29 is 4.79 Å². The lowest BCUT2D eigenvalue weighted by molar-refractivity contribution is 0.0949. The van der Waals surface area contributed by atoms with Crippen LogP contribution in [0, 0.1) is 13.8 Å². The molecular formula is C17H21N5OS. The van der Waals surface area contributed by atoms with Crippen molar-refractivity contribution in [3.8, 4) is 0 Å². The van der Waals surface area contributed by atoms with Gasteiger partial charge in [-0.1, -0.05) is 13.8 Å². The summed E-state index contributed by atoms with van der Waals surface area (Å²) >= 11 is 1.64. The molecule has 0 aliphatic carbocycles. The molecular weight excluding hydrogens is 322 g/mol. The maximum Gasteiger partial charge on any atom is 0.270 e. The monoisotopic (exact) mass is 343 g/mol. The highest BCUT2D eigenvalue weighted by atomic mass is 32.1. The van der Waals surface area contributed by atoms with Crippen LogP contribution in [0.1, 0.15) is 52.3 Å². The molecule has 3 heterocycles. The van der Waals surface area contributed by atoms with Gasteiger partial charge in [-0.25, -0.2) is 14.5 Å². The maximum atomic E-state index is 12.3. The number of nitrogens with zero attached hydrogens (tertiary/aromatic N) is 4. The molecule has 0 aliphatic rings. The standard InChI is InChI=1S/C17H21N5OS/c1-10(2)14-9-24-16(20-14)5-6-18-17(23)13-8-12(4)22-15(19-13)7-11(3)21-22/h7-10H,5-6H2,1-4H3,(H,18,23). The van der Waals surface area contributed by atoms with Crippen LogP contribution >= 0.6 is 11.3 Å². The highest BCUT2D eigenvalue weighted by Crippen LogP contribution is 2.17. The first kappa shape index (κ1) is 16.6. The van der Waals surface area contributed by atoms with Gasteiger partial charge in [0.15, 0.2) is 5.65 Å². The quantitative estimate of drug-likeness (QED) is 0.773. The number of aromatic nitrogens is 4. The molecule has 0 atom stereocenters. The summed E-state index contributed by atoms with van der Waals surface area (Å²) in [6, 6.07) is 3.63. The van der Waals surface area contributed by atoms with Gasteiger partial charge in [0.2, 0.25) is 0 Å². The van der Waals surface area contributed by atoms with Crippen molar-refractivity contribution in [2.24, 2.45) is 0 Å². The largest absolute Gasteiger partial charge is 0.350 e. The second kappa shape index (κ2) is 6.68. The Labute approximate surface area is 145 Å². The van der Waals surface area contributed by atoms with E-state index in [4.69, 9.17) is 0 Å². The van der Waals surface area contributed by atoms with E-state index < -0.39 is 0 Å². The number of amides is 1. The number of aryl methyl sites for hydroxylation is 2. The molecule has 0 aromatic carbocycles. The minimum Gasteiger partial charge on any atom is -0.350 e. The molecule has 3 aromatic rings. The lowest BCUT2D eigenvalue weighted by Gasteiger charge is -2.06. The maximum absolute atomic E-state index is 12.3. The molecule has 7 heteroatoms. The Bertz CT molecular complexity index is 880. The fraction of sp³-hybridized carbons (Fsp3) is 0.412. The zero-order valence-electron chi connectivity index (χ0n) is 14.3. The third-order valence-electron chi connectivity index (χ3n) is 3.75. The predicted molar refractivity (Wildman–Crippen MR) is 94.7 cm³/mol. The average Bonchev–Trinajstić information content (AvgIpc) is 3.13. The average molecular weight is 343 g/mol. The Morgan fingerprint density at radius 2 is 2.08 bits per heavy atom. The molecule has 126 valence electrons. The lowest BCUT2D eigenvalue weighted by atomic mass is 10.2. The first-order chi connectivity index (χ1) is 11.4. The van der Waals surface area contributed by atoms with Crippen LogP contribution in [0.5, 0.6) is 0 Å². The molecule has 0 unspecified atom stereocenters. The summed E-state index contributed by atoms with van der Waals surface area (Å²) in [4.78, 5) is 21.3. The topological polar surface area (TPSA) is 72.2 Å². The summed E-state index contributed by atoms with van der Waals surface area (Å²) in [6.07, 6.45) is 0.732. The van der Waals surface area contributed by atoms with Crippen LogP contribution in [0.25, 0.3) is 5.65 Å². The van der Waals surface area contributed by atoms with E-state index in [1.165, 1.54) is 0 Å². The third-order valence-corrected chi connectivity index (χ3v) is 4.67. The fourth-order valence-electron chi connectivity index (χ4n) is 2.43. The van der Waals surface area contributed by atoms with Crippen LogP contribution in [0.3, 0.4) is 0 Å². The highest BCUT2D eigenvalue weighted by Gasteiger charge is 2.12. The molecule has 0 radical (unpaired) electrons. The first-order valence-corrected chi connectivity index (χ1v) is 8.88. The van der Waals surface area contributed by atoms with E-state index in [-0.39, 0.29) is 5.91 Å². The number of carbonyl (C=O) groups is 1. The van der Waals surface area contributed by atoms with Gasteiger partial charge < -0.3 is 5.32 Å². The van der Waals surface area contributed by atoms with E-state index in [2.05, 4.69) is 39.6 Å². The molecule has 1 N–H and O–H groups in total. The zero-order valence-corrected chi connectivity index (χ0v) is 15.1. The van der Waals surface area contributed by atoms with Gasteiger partial charge in [0.05, 0.1) is 16.4 Å². The van der Waals surface area contributed by atoms with Gasteiger partial charge in [-0.3, -0.25) is 4.79 Å². The number of carbonyl (C=O) groups excluding carboxylic acids is 1. The van der Waals surface area contributed by atoms with Crippen molar-refractivity contribution in [2.45, 2.75) is 40.0 Å². The van der Waals surface area contributed by atoms with Crippen LogP contribution in [0.2, 0.25) is 0 Å². The number of rotatable bonds is 5. The summed E-state index contributed by atoms with van der Waals surface area (Å²) in [5.41, 5.74) is 3.99. The molecule has 0 spiro atoms. The van der Waals surface area contributed by atoms with Gasteiger partial charge in [0.25, 0.3) is 5.91 Å². The Kier molecular flexibility index (Phi) is 4.62. The highest BCUT2D eigenvalue weighted by molar-refractivity contribution is 7.09. The minimum absolute atomic E-state index is 0.167. The molecule has 0 fully saturated rings. The second-order valence-corrected chi connectivity index (χ2v) is 7.11. The Balaban J connectivity index is 1.64. The van der Waals surface area contributed by atoms with Gasteiger partial charge in [-0.05, 0) is 25.8 Å². The second-order valence-electron chi connectivity index (χ2n) is 6.17. The van der Waals surface area contributed by atoms with Crippen LogP contribution in [-0.4, -0.2) is 32.0 Å². The number of hydrogen-bond donors (Lipinski definition) is 1. The van der Waals surface area contributed by atoms with Crippen molar-refractivity contribution >= 4 is 22.9 Å². The molecule has 1 amide bonds. The van der Waals surface area contributed by atoms with Crippen LogP contribution in [0.4, 0.5) is 0 Å². The summed E-state index contributed by atoms with van der Waals surface area (Å²) in [6.45, 7) is 8.63. The summed E-state index contributed by atoms with van der Waals surface area (Å²) < 4.78 is 1.75. The molecule has 0 saturated carbocycles. The molecule has 0 saturated heterocycles. The van der Waals surface area contributed by atoms with E-state index >= 15 is 0 Å². The van der Waals surface area contributed by atoms with Crippen molar-refractivity contribution in [1.82, 2.24) is 24.9 Å².